The van der Waals surface area contributed by atoms with E-state index in [4.69, 9.17) is 4.42 Å². The summed E-state index contributed by atoms with van der Waals surface area (Å²) in [5, 5.41) is 3.09. The highest BCUT2D eigenvalue weighted by Gasteiger charge is 2.15. The van der Waals surface area contributed by atoms with E-state index in [2.05, 4.69) is 15.0 Å². The molecule has 0 bridgehead atoms. The van der Waals surface area contributed by atoms with E-state index in [1.807, 2.05) is 0 Å². The second kappa shape index (κ2) is 6.33. The molecule has 0 aliphatic carbocycles. The van der Waals surface area contributed by atoms with Crippen LogP contribution in [0.15, 0.2) is 57.7 Å². The molecular weight excluding hydrogens is 312 g/mol. The van der Waals surface area contributed by atoms with Crippen LogP contribution in [0.2, 0.25) is 0 Å². The molecule has 1 amide bonds. The molecule has 0 saturated carbocycles. The van der Waals surface area contributed by atoms with Crippen molar-refractivity contribution in [2.24, 2.45) is 0 Å². The van der Waals surface area contributed by atoms with Crippen LogP contribution in [0.1, 0.15) is 20.8 Å². The van der Waals surface area contributed by atoms with Gasteiger partial charge in [0.25, 0.3) is 5.91 Å². The third kappa shape index (κ3) is 3.00. The molecule has 0 fully saturated rings. The Hall–Kier alpha value is -3.48. The number of hydrogen-bond acceptors (Lipinski definition) is 6. The summed E-state index contributed by atoms with van der Waals surface area (Å²) in [6, 6.07) is 12.8. The van der Waals surface area contributed by atoms with Crippen molar-refractivity contribution in [1.82, 2.24) is 4.98 Å². The van der Waals surface area contributed by atoms with E-state index in [0.29, 0.717) is 11.0 Å². The zero-order valence-corrected chi connectivity index (χ0v) is 12.6. The lowest BCUT2D eigenvalue weighted by Crippen LogP contribution is -2.21. The van der Waals surface area contributed by atoms with Crippen LogP contribution < -0.4 is 10.9 Å². The third-order valence-corrected chi connectivity index (χ3v) is 3.27. The van der Waals surface area contributed by atoms with Gasteiger partial charge in [-0.05, 0) is 24.3 Å². The van der Waals surface area contributed by atoms with Crippen molar-refractivity contribution in [2.45, 2.75) is 0 Å². The van der Waals surface area contributed by atoms with Gasteiger partial charge in [-0.1, -0.05) is 24.3 Å². The minimum Gasteiger partial charge on any atom is -0.464 e. The average molecular weight is 324 g/mol. The van der Waals surface area contributed by atoms with Crippen LogP contribution in [-0.4, -0.2) is 24.0 Å². The molecule has 0 saturated heterocycles. The van der Waals surface area contributed by atoms with Crippen LogP contribution in [0.3, 0.4) is 0 Å². The molecule has 120 valence electrons. The van der Waals surface area contributed by atoms with Gasteiger partial charge in [-0.25, -0.2) is 14.6 Å². The number of carbonyl (C=O) groups is 2. The van der Waals surface area contributed by atoms with Gasteiger partial charge >= 0.3 is 11.6 Å². The molecule has 3 rings (SSSR count). The number of amides is 1. The normalized spacial score (nSPS) is 10.4. The second-order valence-corrected chi connectivity index (χ2v) is 4.84. The molecule has 0 atom stereocenters. The number of aromatic nitrogens is 1. The highest BCUT2D eigenvalue weighted by molar-refractivity contribution is 6.05. The summed E-state index contributed by atoms with van der Waals surface area (Å²) >= 11 is 0. The largest absolute Gasteiger partial charge is 0.464 e. The monoisotopic (exact) mass is 324 g/mol. The number of methoxy groups -OCH3 is 1. The van der Waals surface area contributed by atoms with Gasteiger partial charge < -0.3 is 14.5 Å². The first-order valence-corrected chi connectivity index (χ1v) is 6.98. The van der Waals surface area contributed by atoms with Crippen molar-refractivity contribution in [3.8, 4) is 0 Å². The molecule has 2 heterocycles. The molecule has 24 heavy (non-hydrogen) atoms. The Kier molecular flexibility index (Phi) is 4.07. The number of para-hydroxylation sites is 1. The number of carbonyl (C=O) groups excluding carboxylic acids is 2. The summed E-state index contributed by atoms with van der Waals surface area (Å²) in [6.07, 6.45) is 0. The summed E-state index contributed by atoms with van der Waals surface area (Å²) in [5.41, 5.74) is -0.472. The van der Waals surface area contributed by atoms with Crippen LogP contribution in [0, 0.1) is 0 Å². The second-order valence-electron chi connectivity index (χ2n) is 4.84. The summed E-state index contributed by atoms with van der Waals surface area (Å²) in [7, 11) is 1.23. The Morgan fingerprint density at radius 1 is 1.12 bits per heavy atom. The van der Waals surface area contributed by atoms with Gasteiger partial charge in [0, 0.05) is 5.39 Å². The Morgan fingerprint density at radius 2 is 1.92 bits per heavy atom. The number of rotatable bonds is 3. The number of fused-ring (bicyclic) bond motifs is 1. The van der Waals surface area contributed by atoms with Gasteiger partial charge in [0.15, 0.2) is 5.69 Å². The van der Waals surface area contributed by atoms with Crippen molar-refractivity contribution >= 4 is 28.7 Å². The molecule has 0 aliphatic rings. The van der Waals surface area contributed by atoms with Crippen molar-refractivity contribution in [1.29, 1.82) is 0 Å². The Balaban J connectivity index is 1.92. The molecule has 0 unspecified atom stereocenters. The highest BCUT2D eigenvalue weighted by atomic mass is 16.5. The summed E-state index contributed by atoms with van der Waals surface area (Å²) in [4.78, 5) is 39.7. The molecule has 7 nitrogen and oxygen atoms in total. The molecule has 1 aromatic carbocycles. The van der Waals surface area contributed by atoms with Gasteiger partial charge in [-0.15, -0.1) is 0 Å². The molecule has 0 spiro atoms. The molecule has 0 aliphatic heterocycles. The molecular formula is C17H12N2O5. The first kappa shape index (κ1) is 15.4. The van der Waals surface area contributed by atoms with Gasteiger partial charge in [-0.2, -0.15) is 0 Å². The molecule has 7 heteroatoms. The molecule has 2 aromatic heterocycles. The number of benzene rings is 1. The molecule has 3 aromatic rings. The number of nitrogens with zero attached hydrogens (tertiary/aromatic N) is 1. The maximum absolute atomic E-state index is 12.3. The van der Waals surface area contributed by atoms with Gasteiger partial charge in [-0.3, -0.25) is 4.79 Å². The fraction of sp³-hybridized carbons (Fsp3) is 0.0588. The number of pyridine rings is 1. The van der Waals surface area contributed by atoms with Crippen LogP contribution in [0.5, 0.6) is 0 Å². The molecule has 1 N–H and O–H groups in total. The number of anilines is 1. The number of hydrogen-bond donors (Lipinski definition) is 1. The summed E-state index contributed by atoms with van der Waals surface area (Å²) in [5.74, 6) is -1.18. The SMILES string of the molecule is COC(=O)c1cccc(NC(=O)c2cc3ccccc3oc2=O)n1. The summed E-state index contributed by atoms with van der Waals surface area (Å²) < 4.78 is 9.69. The van der Waals surface area contributed by atoms with Crippen molar-refractivity contribution < 1.29 is 18.7 Å². The van der Waals surface area contributed by atoms with Crippen molar-refractivity contribution in [2.75, 3.05) is 12.4 Å². The van der Waals surface area contributed by atoms with E-state index in [9.17, 15) is 14.4 Å². The standard InChI is InChI=1S/C17H12N2O5/c1-23-17(22)12-6-4-8-14(18-12)19-15(20)11-9-10-5-2-3-7-13(10)24-16(11)21/h2-9H,1H3,(H,18,19,20). The quantitative estimate of drug-likeness (QED) is 0.586. The van der Waals surface area contributed by atoms with Crippen LogP contribution in [-0.2, 0) is 4.74 Å². The maximum atomic E-state index is 12.3. The predicted octanol–water partition coefficient (Wildman–Crippen LogP) is 2.23. The number of ether oxygens (including phenoxy) is 1. The van der Waals surface area contributed by atoms with Crippen LogP contribution in [0.4, 0.5) is 5.82 Å². The topological polar surface area (TPSA) is 98.5 Å². The Morgan fingerprint density at radius 3 is 2.71 bits per heavy atom. The average Bonchev–Trinajstić information content (AvgIpc) is 2.60. The molecule has 0 radical (unpaired) electrons. The van der Waals surface area contributed by atoms with Crippen LogP contribution >= 0.6 is 0 Å². The van der Waals surface area contributed by atoms with Gasteiger partial charge in [0.05, 0.1) is 7.11 Å². The van der Waals surface area contributed by atoms with E-state index >= 15 is 0 Å². The van der Waals surface area contributed by atoms with E-state index in [1.165, 1.54) is 31.4 Å². The number of nitrogens with one attached hydrogen (secondary N) is 1. The first-order chi connectivity index (χ1) is 11.6. The smallest absolute Gasteiger partial charge is 0.356 e. The first-order valence-electron chi connectivity index (χ1n) is 6.98. The van der Waals surface area contributed by atoms with Crippen LogP contribution in [0.25, 0.3) is 11.0 Å². The summed E-state index contributed by atoms with van der Waals surface area (Å²) in [6.45, 7) is 0. The Bertz CT molecular complexity index is 993. The zero-order chi connectivity index (χ0) is 17.1. The lowest BCUT2D eigenvalue weighted by atomic mass is 10.2. The van der Waals surface area contributed by atoms with Crippen molar-refractivity contribution in [3.05, 3.63) is 70.2 Å². The zero-order valence-electron chi connectivity index (χ0n) is 12.6. The minimum absolute atomic E-state index is 0.0424. The van der Waals surface area contributed by atoms with Gasteiger partial charge in [0.1, 0.15) is 17.0 Å². The van der Waals surface area contributed by atoms with E-state index < -0.39 is 17.5 Å². The lowest BCUT2D eigenvalue weighted by molar-refractivity contribution is 0.0594. The Labute approximate surface area is 135 Å². The minimum atomic E-state index is -0.754. The highest BCUT2D eigenvalue weighted by Crippen LogP contribution is 2.14. The van der Waals surface area contributed by atoms with E-state index in [-0.39, 0.29) is 17.1 Å². The predicted molar refractivity (Wildman–Crippen MR) is 86.0 cm³/mol. The van der Waals surface area contributed by atoms with E-state index in [1.54, 1.807) is 24.3 Å². The fourth-order valence-corrected chi connectivity index (χ4v) is 2.13. The van der Waals surface area contributed by atoms with Gasteiger partial charge in [0.2, 0.25) is 0 Å². The lowest BCUT2D eigenvalue weighted by Gasteiger charge is -2.06. The third-order valence-electron chi connectivity index (χ3n) is 3.27. The van der Waals surface area contributed by atoms with E-state index in [0.717, 1.165) is 0 Å². The number of esters is 1. The van der Waals surface area contributed by atoms with Crippen molar-refractivity contribution in [3.63, 3.8) is 0 Å². The maximum Gasteiger partial charge on any atom is 0.356 e. The fourth-order valence-electron chi connectivity index (χ4n) is 2.13.